The first-order chi connectivity index (χ1) is 10.1. The molecule has 0 aliphatic heterocycles. The Morgan fingerprint density at radius 2 is 1.86 bits per heavy atom. The van der Waals surface area contributed by atoms with Crippen molar-refractivity contribution in [1.82, 2.24) is 10.2 Å². The lowest BCUT2D eigenvalue weighted by atomic mass is 10.1. The van der Waals surface area contributed by atoms with Crippen molar-refractivity contribution in [2.24, 2.45) is 0 Å². The van der Waals surface area contributed by atoms with Gasteiger partial charge in [0.15, 0.2) is 0 Å². The van der Waals surface area contributed by atoms with E-state index in [4.69, 9.17) is 4.74 Å². The molecule has 0 heterocycles. The average molecular weight is 306 g/mol. The summed E-state index contributed by atoms with van der Waals surface area (Å²) in [7, 11) is 1.72. The molecule has 0 aliphatic carbocycles. The SMILES string of the molecule is Cc1ccccc1C(=O)N(C)C[C@H](C)NC(=O)OC(C)(C)C. The van der Waals surface area contributed by atoms with Gasteiger partial charge in [-0.25, -0.2) is 4.79 Å². The summed E-state index contributed by atoms with van der Waals surface area (Å²) in [5.41, 5.74) is 1.08. The summed E-state index contributed by atoms with van der Waals surface area (Å²) >= 11 is 0. The number of carbonyl (C=O) groups is 2. The van der Waals surface area contributed by atoms with Crippen molar-refractivity contribution in [1.29, 1.82) is 0 Å². The molecule has 22 heavy (non-hydrogen) atoms. The molecule has 0 aromatic heterocycles. The van der Waals surface area contributed by atoms with Crippen LogP contribution in [0.3, 0.4) is 0 Å². The number of amides is 2. The highest BCUT2D eigenvalue weighted by molar-refractivity contribution is 5.95. The Balaban J connectivity index is 2.57. The van der Waals surface area contributed by atoms with Gasteiger partial charge >= 0.3 is 6.09 Å². The predicted octanol–water partition coefficient (Wildman–Crippen LogP) is 2.98. The van der Waals surface area contributed by atoms with Crippen LogP contribution >= 0.6 is 0 Å². The number of benzene rings is 1. The van der Waals surface area contributed by atoms with E-state index in [0.29, 0.717) is 12.1 Å². The third kappa shape index (κ3) is 5.76. The summed E-state index contributed by atoms with van der Waals surface area (Å²) in [6.45, 7) is 9.59. The summed E-state index contributed by atoms with van der Waals surface area (Å²) in [4.78, 5) is 25.7. The van der Waals surface area contributed by atoms with Crippen LogP contribution in [-0.2, 0) is 4.74 Å². The first-order valence-electron chi connectivity index (χ1n) is 7.41. The lowest BCUT2D eigenvalue weighted by Gasteiger charge is -2.25. The van der Waals surface area contributed by atoms with Crippen molar-refractivity contribution in [3.8, 4) is 0 Å². The molecule has 0 unspecified atom stereocenters. The van der Waals surface area contributed by atoms with Crippen LogP contribution in [-0.4, -0.2) is 42.1 Å². The minimum Gasteiger partial charge on any atom is -0.444 e. The Labute approximate surface area is 132 Å². The largest absolute Gasteiger partial charge is 0.444 e. The van der Waals surface area contributed by atoms with Crippen molar-refractivity contribution in [3.63, 3.8) is 0 Å². The summed E-state index contributed by atoms with van der Waals surface area (Å²) in [6.07, 6.45) is -0.475. The monoisotopic (exact) mass is 306 g/mol. The fraction of sp³-hybridized carbons (Fsp3) is 0.529. The number of hydrogen-bond acceptors (Lipinski definition) is 3. The second-order valence-electron chi connectivity index (χ2n) is 6.55. The molecule has 1 rings (SSSR count). The summed E-state index contributed by atoms with van der Waals surface area (Å²) < 4.78 is 5.20. The third-order valence-corrected chi connectivity index (χ3v) is 3.03. The lowest BCUT2D eigenvalue weighted by Crippen LogP contribution is -2.44. The molecular formula is C17H26N2O3. The Bertz CT molecular complexity index is 535. The molecule has 1 atom stereocenters. The van der Waals surface area contributed by atoms with Crippen LogP contribution < -0.4 is 5.32 Å². The minimum absolute atomic E-state index is 0.0593. The smallest absolute Gasteiger partial charge is 0.407 e. The molecule has 0 aliphatic rings. The molecule has 5 nitrogen and oxygen atoms in total. The third-order valence-electron chi connectivity index (χ3n) is 3.03. The number of nitrogens with zero attached hydrogens (tertiary/aromatic N) is 1. The van der Waals surface area contributed by atoms with Gasteiger partial charge in [-0.15, -0.1) is 0 Å². The second kappa shape index (κ2) is 7.29. The van der Waals surface area contributed by atoms with Crippen molar-refractivity contribution >= 4 is 12.0 Å². The topological polar surface area (TPSA) is 58.6 Å². The van der Waals surface area contributed by atoms with Gasteiger partial charge in [0.2, 0.25) is 0 Å². The van der Waals surface area contributed by atoms with E-state index >= 15 is 0 Å². The molecule has 1 aromatic rings. The van der Waals surface area contributed by atoms with Crippen LogP contribution in [0.15, 0.2) is 24.3 Å². The number of ether oxygens (including phenoxy) is 1. The van der Waals surface area contributed by atoms with Crippen LogP contribution in [0.1, 0.15) is 43.6 Å². The highest BCUT2D eigenvalue weighted by Gasteiger charge is 2.20. The zero-order valence-electron chi connectivity index (χ0n) is 14.3. The second-order valence-corrected chi connectivity index (χ2v) is 6.55. The van der Waals surface area contributed by atoms with Crippen LogP contribution in [0, 0.1) is 6.92 Å². The van der Waals surface area contributed by atoms with Crippen LogP contribution in [0.2, 0.25) is 0 Å². The molecule has 1 aromatic carbocycles. The molecular weight excluding hydrogens is 280 g/mol. The number of likely N-dealkylation sites (N-methyl/N-ethyl adjacent to an activating group) is 1. The summed E-state index contributed by atoms with van der Waals surface area (Å²) in [5.74, 6) is -0.0593. The Morgan fingerprint density at radius 3 is 2.41 bits per heavy atom. The number of nitrogens with one attached hydrogen (secondary N) is 1. The van der Waals surface area contributed by atoms with Crippen molar-refractivity contribution in [2.45, 2.75) is 46.3 Å². The van der Waals surface area contributed by atoms with E-state index in [9.17, 15) is 9.59 Å². The van der Waals surface area contributed by atoms with Crippen molar-refractivity contribution in [3.05, 3.63) is 35.4 Å². The van der Waals surface area contributed by atoms with Crippen molar-refractivity contribution < 1.29 is 14.3 Å². The first-order valence-corrected chi connectivity index (χ1v) is 7.41. The lowest BCUT2D eigenvalue weighted by molar-refractivity contribution is 0.0491. The molecule has 0 bridgehead atoms. The van der Waals surface area contributed by atoms with Gasteiger partial charge in [-0.05, 0) is 46.2 Å². The molecule has 0 saturated heterocycles. The Hall–Kier alpha value is -2.04. The fourth-order valence-corrected chi connectivity index (χ4v) is 2.07. The Morgan fingerprint density at radius 1 is 1.27 bits per heavy atom. The van der Waals surface area contributed by atoms with E-state index < -0.39 is 11.7 Å². The van der Waals surface area contributed by atoms with Crippen LogP contribution in [0.4, 0.5) is 4.79 Å². The van der Waals surface area contributed by atoms with Gasteiger partial charge in [-0.3, -0.25) is 4.79 Å². The number of alkyl carbamates (subject to hydrolysis) is 1. The quantitative estimate of drug-likeness (QED) is 0.930. The fourth-order valence-electron chi connectivity index (χ4n) is 2.07. The van der Waals surface area contributed by atoms with Gasteiger partial charge in [-0.1, -0.05) is 18.2 Å². The number of hydrogen-bond donors (Lipinski definition) is 1. The molecule has 0 radical (unpaired) electrons. The molecule has 122 valence electrons. The first kappa shape index (κ1) is 18.0. The van der Waals surface area contributed by atoms with E-state index in [1.165, 1.54) is 0 Å². The van der Waals surface area contributed by atoms with Gasteiger partial charge < -0.3 is 15.0 Å². The number of rotatable bonds is 4. The van der Waals surface area contributed by atoms with Crippen LogP contribution in [0.5, 0.6) is 0 Å². The maximum Gasteiger partial charge on any atom is 0.407 e. The minimum atomic E-state index is -0.535. The van der Waals surface area contributed by atoms with Gasteiger partial charge in [0.05, 0.1) is 0 Å². The molecule has 2 amide bonds. The van der Waals surface area contributed by atoms with E-state index in [2.05, 4.69) is 5.32 Å². The average Bonchev–Trinajstić information content (AvgIpc) is 2.35. The molecule has 1 N–H and O–H groups in total. The van der Waals surface area contributed by atoms with Gasteiger partial charge in [-0.2, -0.15) is 0 Å². The van der Waals surface area contributed by atoms with E-state index in [0.717, 1.165) is 5.56 Å². The molecule has 0 spiro atoms. The highest BCUT2D eigenvalue weighted by atomic mass is 16.6. The van der Waals surface area contributed by atoms with E-state index in [1.807, 2.05) is 52.8 Å². The Kier molecular flexibility index (Phi) is 5.97. The summed E-state index contributed by atoms with van der Waals surface area (Å²) in [5, 5.41) is 2.73. The van der Waals surface area contributed by atoms with Crippen LogP contribution in [0.25, 0.3) is 0 Å². The van der Waals surface area contributed by atoms with Gasteiger partial charge in [0.25, 0.3) is 5.91 Å². The predicted molar refractivity (Wildman–Crippen MR) is 87.0 cm³/mol. The maximum atomic E-state index is 12.4. The number of aryl methyl sites for hydroxylation is 1. The standard InChI is InChI=1S/C17H26N2O3/c1-12-9-7-8-10-14(12)15(20)19(6)11-13(2)18-16(21)22-17(3,4)5/h7-10,13H,11H2,1-6H3,(H,18,21)/t13-/m0/s1. The zero-order valence-corrected chi connectivity index (χ0v) is 14.3. The van der Waals surface area contributed by atoms with E-state index in [1.54, 1.807) is 18.0 Å². The van der Waals surface area contributed by atoms with Gasteiger partial charge in [0, 0.05) is 25.2 Å². The normalized spacial score (nSPS) is 12.5. The maximum absolute atomic E-state index is 12.4. The zero-order chi connectivity index (χ0) is 16.9. The number of carbonyl (C=O) groups excluding carboxylic acids is 2. The molecule has 0 fully saturated rings. The molecule has 0 saturated carbocycles. The molecule has 5 heteroatoms. The summed E-state index contributed by atoms with van der Waals surface area (Å²) in [6, 6.07) is 7.26. The van der Waals surface area contributed by atoms with Gasteiger partial charge in [0.1, 0.15) is 5.60 Å². The highest BCUT2D eigenvalue weighted by Crippen LogP contribution is 2.10. The van der Waals surface area contributed by atoms with Crippen molar-refractivity contribution in [2.75, 3.05) is 13.6 Å². The van der Waals surface area contributed by atoms with E-state index in [-0.39, 0.29) is 11.9 Å².